The number of halogens is 6. The van der Waals surface area contributed by atoms with Crippen LogP contribution < -0.4 is 0 Å². The zero-order valence-electron chi connectivity index (χ0n) is 31.1. The zero-order valence-corrected chi connectivity index (χ0v) is 31.1. The molecule has 10 rings (SSSR count). The highest BCUT2D eigenvalue weighted by Gasteiger charge is 2.33. The Morgan fingerprint density at radius 2 is 0.883 bits per heavy atom. The van der Waals surface area contributed by atoms with Crippen molar-refractivity contribution in [1.29, 1.82) is 5.26 Å². The van der Waals surface area contributed by atoms with E-state index in [9.17, 15) is 31.6 Å². The Balaban J connectivity index is 1.35. The lowest BCUT2D eigenvalue weighted by molar-refractivity contribution is -0.138. The van der Waals surface area contributed by atoms with Gasteiger partial charge >= 0.3 is 12.4 Å². The molecule has 0 amide bonds. The van der Waals surface area contributed by atoms with Crippen molar-refractivity contribution in [2.24, 2.45) is 0 Å². The molecule has 0 N–H and O–H groups in total. The molecule has 0 fully saturated rings. The number of alkyl halides is 6. The second-order valence-corrected chi connectivity index (χ2v) is 14.4. The van der Waals surface area contributed by atoms with Gasteiger partial charge in [-0.25, -0.2) is 9.97 Å². The number of rotatable bonds is 5. The van der Waals surface area contributed by atoms with E-state index >= 15 is 0 Å². The zero-order chi connectivity index (χ0) is 41.3. The van der Waals surface area contributed by atoms with E-state index in [1.54, 1.807) is 71.3 Å². The molecular weight excluding hydrogens is 773 g/mol. The van der Waals surface area contributed by atoms with Gasteiger partial charge in [-0.1, -0.05) is 97.1 Å². The summed E-state index contributed by atoms with van der Waals surface area (Å²) in [5.74, 6) is 0.404. The van der Waals surface area contributed by atoms with Gasteiger partial charge in [-0.3, -0.25) is 0 Å². The minimum atomic E-state index is -4.61. The Hall–Kier alpha value is -7.71. The maximum atomic E-state index is 14.2. The van der Waals surface area contributed by atoms with Crippen molar-refractivity contribution in [3.8, 4) is 51.3 Å². The molecule has 3 heterocycles. The van der Waals surface area contributed by atoms with Crippen LogP contribution in [0.15, 0.2) is 164 Å². The van der Waals surface area contributed by atoms with E-state index in [2.05, 4.69) is 6.07 Å². The van der Waals surface area contributed by atoms with Crippen molar-refractivity contribution >= 4 is 43.6 Å². The molecule has 0 spiro atoms. The first-order valence-corrected chi connectivity index (χ1v) is 18.8. The van der Waals surface area contributed by atoms with Gasteiger partial charge in [0.2, 0.25) is 0 Å². The predicted octanol–water partition coefficient (Wildman–Crippen LogP) is 13.6. The van der Waals surface area contributed by atoms with Crippen molar-refractivity contribution in [2.75, 3.05) is 0 Å². The van der Waals surface area contributed by atoms with Crippen LogP contribution in [0.1, 0.15) is 16.7 Å². The fourth-order valence-electron chi connectivity index (χ4n) is 8.12. The number of aromatic nitrogens is 4. The third-order valence-electron chi connectivity index (χ3n) is 10.8. The van der Waals surface area contributed by atoms with E-state index in [4.69, 9.17) is 9.97 Å². The third kappa shape index (κ3) is 6.03. The summed E-state index contributed by atoms with van der Waals surface area (Å²) in [6.45, 7) is 0. The van der Waals surface area contributed by atoms with Crippen LogP contribution in [0.5, 0.6) is 0 Å². The highest BCUT2D eigenvalue weighted by molar-refractivity contribution is 6.12. The number of benzene rings is 7. The fourth-order valence-corrected chi connectivity index (χ4v) is 8.12. The Labute approximate surface area is 337 Å². The lowest BCUT2D eigenvalue weighted by atomic mass is 10.00. The van der Waals surface area contributed by atoms with Gasteiger partial charge in [0.15, 0.2) is 5.82 Å². The van der Waals surface area contributed by atoms with Gasteiger partial charge < -0.3 is 9.13 Å². The molecule has 0 bridgehead atoms. The van der Waals surface area contributed by atoms with Crippen LogP contribution in [-0.2, 0) is 12.4 Å². The summed E-state index contributed by atoms with van der Waals surface area (Å²) in [5.41, 5.74) is 4.37. The molecule has 0 saturated carbocycles. The maximum absolute atomic E-state index is 14.2. The summed E-state index contributed by atoms with van der Waals surface area (Å²) in [5, 5.41) is 12.7. The van der Waals surface area contributed by atoms with E-state index in [-0.39, 0.29) is 5.56 Å². The highest BCUT2D eigenvalue weighted by Crippen LogP contribution is 2.43. The molecule has 290 valence electrons. The maximum Gasteiger partial charge on any atom is 0.416 e. The van der Waals surface area contributed by atoms with Gasteiger partial charge in [-0.05, 0) is 66.7 Å². The van der Waals surface area contributed by atoms with E-state index in [0.29, 0.717) is 77.8 Å². The molecule has 0 atom stereocenters. The second kappa shape index (κ2) is 13.7. The Morgan fingerprint density at radius 3 is 1.40 bits per heavy atom. The van der Waals surface area contributed by atoms with Gasteiger partial charge in [0, 0.05) is 38.2 Å². The molecule has 0 saturated heterocycles. The molecule has 0 aliphatic rings. The van der Waals surface area contributed by atoms with Crippen LogP contribution in [-0.4, -0.2) is 19.1 Å². The Kier molecular flexibility index (Phi) is 8.36. The van der Waals surface area contributed by atoms with Crippen LogP contribution in [0.2, 0.25) is 0 Å². The van der Waals surface area contributed by atoms with Crippen molar-refractivity contribution in [3.05, 3.63) is 180 Å². The van der Waals surface area contributed by atoms with E-state index in [1.165, 1.54) is 12.1 Å². The lowest BCUT2D eigenvalue weighted by Crippen LogP contribution is -2.07. The van der Waals surface area contributed by atoms with Gasteiger partial charge in [-0.15, -0.1) is 0 Å². The van der Waals surface area contributed by atoms with Gasteiger partial charge in [0.1, 0.15) is 0 Å². The number of fused-ring (bicyclic) bond motifs is 6. The highest BCUT2D eigenvalue weighted by atomic mass is 19.4. The normalized spacial score (nSPS) is 12.2. The summed E-state index contributed by atoms with van der Waals surface area (Å²) < 4.78 is 88.7. The smallest absolute Gasteiger partial charge is 0.307 e. The van der Waals surface area contributed by atoms with Crippen LogP contribution in [0.25, 0.3) is 88.9 Å². The minimum absolute atomic E-state index is 0.198. The molecule has 0 unspecified atom stereocenters. The number of nitrogens with zero attached hydrogens (tertiary/aromatic N) is 5. The summed E-state index contributed by atoms with van der Waals surface area (Å²) in [7, 11) is 0. The van der Waals surface area contributed by atoms with Crippen LogP contribution >= 0.6 is 0 Å². The summed E-state index contributed by atoms with van der Waals surface area (Å²) in [6.07, 6.45) is -9.21. The number of para-hydroxylation sites is 2. The first-order chi connectivity index (χ1) is 29.0. The Bertz CT molecular complexity index is 3300. The Morgan fingerprint density at radius 1 is 0.433 bits per heavy atom. The van der Waals surface area contributed by atoms with Crippen molar-refractivity contribution in [3.63, 3.8) is 0 Å². The first-order valence-electron chi connectivity index (χ1n) is 18.8. The average Bonchev–Trinajstić information content (AvgIpc) is 3.78. The van der Waals surface area contributed by atoms with E-state index < -0.39 is 23.5 Å². The number of hydrogen-bond acceptors (Lipinski definition) is 3. The predicted molar refractivity (Wildman–Crippen MR) is 222 cm³/mol. The summed E-state index contributed by atoms with van der Waals surface area (Å²) in [6, 6.07) is 47.8. The molecule has 11 heteroatoms. The van der Waals surface area contributed by atoms with Gasteiger partial charge in [0.05, 0.1) is 67.6 Å². The topological polar surface area (TPSA) is 59.4 Å². The monoisotopic (exact) mass is 799 g/mol. The summed E-state index contributed by atoms with van der Waals surface area (Å²) in [4.78, 5) is 9.92. The molecule has 3 aromatic heterocycles. The fraction of sp³-hybridized carbons (Fsp3) is 0.0408. The largest absolute Gasteiger partial charge is 0.416 e. The van der Waals surface area contributed by atoms with Crippen LogP contribution in [0, 0.1) is 11.3 Å². The van der Waals surface area contributed by atoms with Crippen LogP contribution in [0.3, 0.4) is 0 Å². The lowest BCUT2D eigenvalue weighted by Gasteiger charge is -2.20. The SMILES string of the molecule is N#Cc1cc(-n2c3ccccc3c3cc(C(F)(F)F)ccc32)c(-n2c3ccccc3c3cc(C(F)(F)F)ccc32)cc1-c1cc(-c2ccccc2)nc(-c2ccccc2)n1. The van der Waals surface area contributed by atoms with Crippen molar-refractivity contribution in [2.45, 2.75) is 12.4 Å². The molecule has 10 aromatic rings. The second-order valence-electron chi connectivity index (χ2n) is 14.4. The average molecular weight is 800 g/mol. The minimum Gasteiger partial charge on any atom is -0.307 e. The van der Waals surface area contributed by atoms with Gasteiger partial charge in [0.25, 0.3) is 0 Å². The number of nitriles is 1. The summed E-state index contributed by atoms with van der Waals surface area (Å²) >= 11 is 0. The molecule has 0 aliphatic carbocycles. The first kappa shape index (κ1) is 36.6. The molecular formula is C49H27F6N5. The molecule has 60 heavy (non-hydrogen) atoms. The third-order valence-corrected chi connectivity index (χ3v) is 10.8. The van der Waals surface area contributed by atoms with E-state index in [0.717, 1.165) is 35.4 Å². The standard InChI is InChI=1S/C49H27F6N5/c50-48(51,52)32-19-21-43-37(24-32)34-15-7-9-17-41(34)59(43)45-23-31(28-56)36(40-27-39(29-11-3-1-4-12-29)57-47(58-40)30-13-5-2-6-14-30)26-46(45)60-42-18-10-8-16-35(42)38-25-33(49(53,54)55)20-22-44(38)60/h1-27H. The number of hydrogen-bond donors (Lipinski definition) is 0. The molecule has 0 aliphatic heterocycles. The van der Waals surface area contributed by atoms with Crippen molar-refractivity contribution < 1.29 is 26.3 Å². The van der Waals surface area contributed by atoms with Gasteiger partial charge in [-0.2, -0.15) is 31.6 Å². The molecule has 0 radical (unpaired) electrons. The molecule has 5 nitrogen and oxygen atoms in total. The molecule has 7 aromatic carbocycles. The van der Waals surface area contributed by atoms with Crippen molar-refractivity contribution in [1.82, 2.24) is 19.1 Å². The van der Waals surface area contributed by atoms with Crippen LogP contribution in [0.4, 0.5) is 26.3 Å². The quantitative estimate of drug-likeness (QED) is 0.163. The van der Waals surface area contributed by atoms with E-state index in [1.807, 2.05) is 65.2 Å².